The van der Waals surface area contributed by atoms with Crippen LogP contribution in [0.25, 0.3) is 54.9 Å². The van der Waals surface area contributed by atoms with Gasteiger partial charge in [0, 0.05) is 0 Å². The molecule has 168 valence electrons. The number of ether oxygens (including phenoxy) is 1. The minimum absolute atomic E-state index is 0.239. The zero-order valence-electron chi connectivity index (χ0n) is 19.3. The number of fused-ring (bicyclic) bond motifs is 3. The lowest BCUT2D eigenvalue weighted by Gasteiger charge is -2.19. The maximum atomic E-state index is 13.9. The highest BCUT2D eigenvalue weighted by Crippen LogP contribution is 2.45. The number of hydrogen-bond acceptors (Lipinski definition) is 1. The van der Waals surface area contributed by atoms with Crippen molar-refractivity contribution in [3.05, 3.63) is 127 Å². The van der Waals surface area contributed by atoms with Crippen LogP contribution in [0.1, 0.15) is 0 Å². The molecule has 6 aromatic rings. The molecule has 0 aliphatic heterocycles. The fraction of sp³-hybridized carbons (Fsp3) is 0.0303. The number of rotatable bonds is 4. The molecule has 0 aromatic heterocycles. The van der Waals surface area contributed by atoms with Crippen molar-refractivity contribution in [2.45, 2.75) is 0 Å². The smallest absolute Gasteiger partial charge is 0.123 e. The van der Waals surface area contributed by atoms with Crippen LogP contribution in [0.3, 0.4) is 0 Å². The van der Waals surface area contributed by atoms with E-state index in [1.807, 2.05) is 30.3 Å². The average molecular weight is 455 g/mol. The third kappa shape index (κ3) is 3.74. The van der Waals surface area contributed by atoms with Crippen molar-refractivity contribution in [3.63, 3.8) is 0 Å². The Hall–Kier alpha value is -4.43. The molecule has 0 N–H and O–H groups in total. The normalized spacial score (nSPS) is 11.1. The van der Waals surface area contributed by atoms with Crippen LogP contribution in [0.2, 0.25) is 0 Å². The molecule has 0 amide bonds. The molecule has 0 bridgehead atoms. The molecule has 0 aliphatic rings. The van der Waals surface area contributed by atoms with E-state index in [0.29, 0.717) is 0 Å². The van der Waals surface area contributed by atoms with Crippen LogP contribution in [0.4, 0.5) is 4.39 Å². The average Bonchev–Trinajstić information content (AvgIpc) is 2.93. The first-order valence-electron chi connectivity index (χ1n) is 11.7. The van der Waals surface area contributed by atoms with E-state index in [2.05, 4.69) is 78.9 Å². The molecular formula is C33H23FO. The van der Waals surface area contributed by atoms with Crippen LogP contribution in [0, 0.1) is 5.82 Å². The lowest BCUT2D eigenvalue weighted by molar-refractivity contribution is 0.415. The second-order valence-electron chi connectivity index (χ2n) is 8.66. The lowest BCUT2D eigenvalue weighted by atomic mass is 9.84. The summed E-state index contributed by atoms with van der Waals surface area (Å²) in [4.78, 5) is 0. The van der Waals surface area contributed by atoms with Gasteiger partial charge in [-0.3, -0.25) is 0 Å². The van der Waals surface area contributed by atoms with Crippen LogP contribution in [-0.4, -0.2) is 7.11 Å². The second kappa shape index (κ2) is 8.73. The quantitative estimate of drug-likeness (QED) is 0.241. The fourth-order valence-corrected chi connectivity index (χ4v) is 4.97. The van der Waals surface area contributed by atoms with Crippen LogP contribution in [0.15, 0.2) is 121 Å². The first-order chi connectivity index (χ1) is 17.2. The molecule has 0 saturated heterocycles. The molecule has 0 atom stereocenters. The Bertz CT molecular complexity index is 1650. The van der Waals surface area contributed by atoms with E-state index < -0.39 is 0 Å². The molecular weight excluding hydrogens is 431 g/mol. The van der Waals surface area contributed by atoms with Gasteiger partial charge < -0.3 is 4.74 Å². The zero-order chi connectivity index (χ0) is 23.8. The maximum absolute atomic E-state index is 13.9. The Morgan fingerprint density at radius 1 is 0.457 bits per heavy atom. The lowest BCUT2D eigenvalue weighted by Crippen LogP contribution is -1.93. The van der Waals surface area contributed by atoms with E-state index in [-0.39, 0.29) is 5.82 Å². The van der Waals surface area contributed by atoms with Crippen LogP contribution in [0.5, 0.6) is 5.75 Å². The minimum Gasteiger partial charge on any atom is -0.497 e. The molecule has 0 heterocycles. The summed E-state index contributed by atoms with van der Waals surface area (Å²) in [5.41, 5.74) is 6.68. The van der Waals surface area contributed by atoms with Crippen LogP contribution < -0.4 is 4.74 Å². The van der Waals surface area contributed by atoms with E-state index in [4.69, 9.17) is 4.74 Å². The van der Waals surface area contributed by atoms with Gasteiger partial charge >= 0.3 is 0 Å². The van der Waals surface area contributed by atoms with Gasteiger partial charge in [0.25, 0.3) is 0 Å². The van der Waals surface area contributed by atoms with Crippen LogP contribution >= 0.6 is 0 Å². The summed E-state index contributed by atoms with van der Waals surface area (Å²) in [6.45, 7) is 0. The van der Waals surface area contributed by atoms with Crippen molar-refractivity contribution in [1.29, 1.82) is 0 Å². The summed E-state index contributed by atoms with van der Waals surface area (Å²) in [5.74, 6) is 0.575. The van der Waals surface area contributed by atoms with Crippen molar-refractivity contribution < 1.29 is 9.13 Å². The Labute approximate surface area is 204 Å². The highest BCUT2D eigenvalue weighted by Gasteiger charge is 2.18. The third-order valence-corrected chi connectivity index (χ3v) is 6.64. The number of halogens is 1. The van der Waals surface area contributed by atoms with Gasteiger partial charge in [-0.2, -0.15) is 0 Å². The molecule has 0 radical (unpaired) electrons. The predicted molar refractivity (Wildman–Crippen MR) is 144 cm³/mol. The van der Waals surface area contributed by atoms with Gasteiger partial charge in [-0.25, -0.2) is 4.39 Å². The van der Waals surface area contributed by atoms with E-state index in [1.165, 1.54) is 34.0 Å². The Morgan fingerprint density at radius 2 is 1.00 bits per heavy atom. The van der Waals surface area contributed by atoms with Crippen molar-refractivity contribution >= 4 is 21.5 Å². The van der Waals surface area contributed by atoms with E-state index in [0.717, 1.165) is 38.8 Å². The Kier molecular flexibility index (Phi) is 5.27. The van der Waals surface area contributed by atoms with E-state index in [9.17, 15) is 4.39 Å². The highest BCUT2D eigenvalue weighted by molar-refractivity contribution is 6.22. The van der Waals surface area contributed by atoms with Gasteiger partial charge in [0.1, 0.15) is 11.6 Å². The summed E-state index contributed by atoms with van der Waals surface area (Å²) in [7, 11) is 1.68. The predicted octanol–water partition coefficient (Wildman–Crippen LogP) is 9.14. The summed E-state index contributed by atoms with van der Waals surface area (Å²) < 4.78 is 19.3. The van der Waals surface area contributed by atoms with Crippen molar-refractivity contribution in [2.75, 3.05) is 7.11 Å². The van der Waals surface area contributed by atoms with E-state index >= 15 is 0 Å². The van der Waals surface area contributed by atoms with Gasteiger partial charge in [-0.15, -0.1) is 0 Å². The van der Waals surface area contributed by atoms with Crippen LogP contribution in [-0.2, 0) is 0 Å². The summed E-state index contributed by atoms with van der Waals surface area (Å²) in [5, 5.41) is 4.67. The summed E-state index contributed by atoms with van der Waals surface area (Å²) in [6.07, 6.45) is 0. The second-order valence-corrected chi connectivity index (χ2v) is 8.66. The van der Waals surface area contributed by atoms with Gasteiger partial charge in [0.2, 0.25) is 0 Å². The van der Waals surface area contributed by atoms with Crippen molar-refractivity contribution in [3.8, 4) is 39.1 Å². The molecule has 0 saturated carbocycles. The first kappa shape index (κ1) is 21.1. The topological polar surface area (TPSA) is 9.23 Å². The molecule has 0 fully saturated rings. The van der Waals surface area contributed by atoms with Crippen molar-refractivity contribution in [1.82, 2.24) is 0 Å². The van der Waals surface area contributed by atoms with Crippen molar-refractivity contribution in [2.24, 2.45) is 0 Å². The largest absolute Gasteiger partial charge is 0.497 e. The molecule has 0 spiro atoms. The van der Waals surface area contributed by atoms with Gasteiger partial charge in [-0.05, 0) is 85.3 Å². The SMILES string of the molecule is COc1ccc(-c2c(-c3ccc(F)cc3)c3ccccc3c3cc(-c4ccccc4)ccc23)cc1. The number of hydrogen-bond donors (Lipinski definition) is 0. The molecule has 6 rings (SSSR count). The first-order valence-corrected chi connectivity index (χ1v) is 11.7. The highest BCUT2D eigenvalue weighted by atomic mass is 19.1. The fourth-order valence-electron chi connectivity index (χ4n) is 4.97. The number of methoxy groups -OCH3 is 1. The molecule has 0 unspecified atom stereocenters. The summed E-state index contributed by atoms with van der Waals surface area (Å²) in [6, 6.07) is 40.6. The molecule has 35 heavy (non-hydrogen) atoms. The van der Waals surface area contributed by atoms with Gasteiger partial charge in [0.05, 0.1) is 7.11 Å². The Morgan fingerprint density at radius 3 is 1.66 bits per heavy atom. The Balaban J connectivity index is 1.75. The molecule has 2 heteroatoms. The molecule has 6 aromatic carbocycles. The third-order valence-electron chi connectivity index (χ3n) is 6.64. The number of benzene rings is 6. The summed E-state index contributed by atoms with van der Waals surface area (Å²) >= 11 is 0. The van der Waals surface area contributed by atoms with E-state index in [1.54, 1.807) is 7.11 Å². The standard InChI is InChI=1S/C33H23FO/c1-35-27-18-13-24(14-19-27)33-30-20-15-25(22-7-3-2-4-8-22)21-31(30)28-9-5-6-10-29(28)32(33)23-11-16-26(34)17-12-23/h2-21H,1H3. The molecule has 1 nitrogen and oxygen atoms in total. The van der Waals surface area contributed by atoms with Gasteiger partial charge in [0.15, 0.2) is 0 Å². The molecule has 0 aliphatic carbocycles. The monoisotopic (exact) mass is 454 g/mol. The van der Waals surface area contributed by atoms with Gasteiger partial charge in [-0.1, -0.05) is 91.0 Å². The zero-order valence-corrected chi connectivity index (χ0v) is 19.3. The maximum Gasteiger partial charge on any atom is 0.123 e. The minimum atomic E-state index is -0.239.